The van der Waals surface area contributed by atoms with E-state index in [9.17, 15) is 23.8 Å². The van der Waals surface area contributed by atoms with E-state index in [1.165, 1.54) is 6.07 Å². The molecule has 0 fully saturated rings. The van der Waals surface area contributed by atoms with Crippen LogP contribution >= 0.6 is 46.6 Å². The molecule has 0 amide bonds. The Kier molecular flexibility index (Phi) is 8.36. The van der Waals surface area contributed by atoms with Crippen LogP contribution in [0.4, 0.5) is 8.78 Å². The lowest BCUT2D eigenvalue weighted by Crippen LogP contribution is -2.20. The van der Waals surface area contributed by atoms with Gasteiger partial charge in [-0.3, -0.25) is 4.99 Å². The second-order valence-electron chi connectivity index (χ2n) is 4.62. The van der Waals surface area contributed by atoms with E-state index in [1.54, 1.807) is 6.07 Å². The summed E-state index contributed by atoms with van der Waals surface area (Å²) in [5.41, 5.74) is 4.48. The highest BCUT2D eigenvalue weighted by Crippen LogP contribution is 2.42. The molecule has 0 aliphatic heterocycles. The molecule has 1 aromatic rings. The molecule has 0 heterocycles. The first-order chi connectivity index (χ1) is 12.1. The number of benzene rings is 1. The first-order valence-corrected chi connectivity index (χ1v) is 8.70. The number of allylic oxidation sites excluding steroid dienone is 1. The van der Waals surface area contributed by atoms with Crippen LogP contribution in [0.2, 0.25) is 10.0 Å². The second-order valence-corrected chi connectivity index (χ2v) is 6.93. The highest BCUT2D eigenvalue weighted by molar-refractivity contribution is 8.03. The molecule has 26 heavy (non-hydrogen) atoms. The van der Waals surface area contributed by atoms with Gasteiger partial charge in [-0.15, -0.1) is 0 Å². The van der Waals surface area contributed by atoms with Crippen LogP contribution in [0.5, 0.6) is 0 Å². The maximum absolute atomic E-state index is 13.4. The Morgan fingerprint density at radius 2 is 2.04 bits per heavy atom. The first-order valence-electron chi connectivity index (χ1n) is 6.75. The van der Waals surface area contributed by atoms with Crippen LogP contribution in [0, 0.1) is 0 Å². The molecule has 1 rings (SSSR count). The third-order valence-electron chi connectivity index (χ3n) is 2.99. The molecule has 5 nitrogen and oxygen atoms in total. The summed E-state index contributed by atoms with van der Waals surface area (Å²) in [5, 5.41) is 14.9. The van der Waals surface area contributed by atoms with E-state index in [1.807, 2.05) is 0 Å². The summed E-state index contributed by atoms with van der Waals surface area (Å²) in [6, 6.07) is 3.05. The number of nitrogens with two attached hydrogens (primary N) is 1. The van der Waals surface area contributed by atoms with Gasteiger partial charge in [-0.2, -0.15) is 8.78 Å². The lowest BCUT2D eigenvalue weighted by atomic mass is 10.2. The van der Waals surface area contributed by atoms with Crippen LogP contribution in [0.1, 0.15) is 5.56 Å². The molecule has 0 aromatic heterocycles. The smallest absolute Gasteiger partial charge is 0.364 e. The van der Waals surface area contributed by atoms with E-state index in [-0.39, 0.29) is 32.7 Å². The molecular weight excluding hydrogens is 433 g/mol. The molecule has 0 saturated heterocycles. The summed E-state index contributed by atoms with van der Waals surface area (Å²) in [5.74, 6) is -1.57. The summed E-state index contributed by atoms with van der Waals surface area (Å²) in [6.07, 6.45) is 0.991. The van der Waals surface area contributed by atoms with Crippen molar-refractivity contribution in [2.45, 2.75) is 16.8 Å². The molecule has 0 spiro atoms. The fourth-order valence-corrected chi connectivity index (χ4v) is 3.56. The summed E-state index contributed by atoms with van der Waals surface area (Å²) in [4.78, 5) is 14.6. The largest absolute Gasteiger partial charge is 0.515 e. The zero-order valence-electron chi connectivity index (χ0n) is 13.1. The monoisotopic (exact) mass is 444 g/mol. The summed E-state index contributed by atoms with van der Waals surface area (Å²) >= 11 is 17.9. The molecule has 0 unspecified atom stereocenters. The second kappa shape index (κ2) is 9.57. The number of carboxylic acid groups (broad SMARTS) is 1. The quantitative estimate of drug-likeness (QED) is 0.139. The number of hydrogen-bond acceptors (Lipinski definition) is 5. The number of aliphatic hydroxyl groups excluding tert-OH is 1. The number of thioether (sulfide) groups is 1. The predicted octanol–water partition coefficient (Wildman–Crippen LogP) is 4.86. The first kappa shape index (κ1) is 22.7. The van der Waals surface area contributed by atoms with Crippen LogP contribution in [0.3, 0.4) is 0 Å². The van der Waals surface area contributed by atoms with Gasteiger partial charge in [-0.05, 0) is 29.3 Å². The Morgan fingerprint density at radius 1 is 1.42 bits per heavy atom. The predicted molar refractivity (Wildman–Crippen MR) is 101 cm³/mol. The zero-order valence-corrected chi connectivity index (χ0v) is 16.2. The minimum absolute atomic E-state index is 0.0751. The summed E-state index contributed by atoms with van der Waals surface area (Å²) in [7, 11) is 1.06. The van der Waals surface area contributed by atoms with Crippen LogP contribution in [-0.2, 0) is 11.3 Å². The number of rotatable bonds is 7. The van der Waals surface area contributed by atoms with Crippen molar-refractivity contribution in [1.29, 1.82) is 0 Å². The Bertz CT molecular complexity index is 793. The van der Waals surface area contributed by atoms with Crippen molar-refractivity contribution < 1.29 is 23.8 Å². The van der Waals surface area contributed by atoms with Crippen molar-refractivity contribution in [3.05, 3.63) is 50.6 Å². The third-order valence-corrected chi connectivity index (χ3v) is 5.34. The van der Waals surface area contributed by atoms with Crippen molar-refractivity contribution in [3.8, 4) is 0 Å². The van der Waals surface area contributed by atoms with Gasteiger partial charge in [0.1, 0.15) is 11.3 Å². The molecule has 142 valence electrons. The molecule has 11 heteroatoms. The van der Waals surface area contributed by atoms with E-state index in [2.05, 4.69) is 4.99 Å². The number of hydrogen-bond donors (Lipinski definition) is 3. The number of alkyl halides is 3. The molecule has 1 aromatic carbocycles. The lowest BCUT2D eigenvalue weighted by Gasteiger charge is -2.14. The number of aliphatic hydroxyl groups is 1. The van der Waals surface area contributed by atoms with Crippen molar-refractivity contribution >= 4 is 58.2 Å². The number of halogens is 5. The number of aliphatic imine (C=N–C) groups is 1. The number of carboxylic acids is 1. The Morgan fingerprint density at radius 3 is 2.46 bits per heavy atom. The van der Waals surface area contributed by atoms with Gasteiger partial charge in [-0.25, -0.2) is 4.79 Å². The van der Waals surface area contributed by atoms with Gasteiger partial charge < -0.3 is 15.9 Å². The normalized spacial score (nSPS) is 13.9. The molecule has 0 bridgehead atoms. The van der Waals surface area contributed by atoms with E-state index in [0.717, 1.165) is 13.1 Å². The van der Waals surface area contributed by atoms with Crippen molar-refractivity contribution in [3.63, 3.8) is 0 Å². The van der Waals surface area contributed by atoms with Gasteiger partial charge >= 0.3 is 11.4 Å². The minimum atomic E-state index is -3.85. The zero-order chi connectivity index (χ0) is 20.1. The van der Waals surface area contributed by atoms with Crippen molar-refractivity contribution in [2.24, 2.45) is 10.7 Å². The van der Waals surface area contributed by atoms with Crippen molar-refractivity contribution in [2.75, 3.05) is 7.05 Å². The van der Waals surface area contributed by atoms with Crippen molar-refractivity contribution in [1.82, 2.24) is 0 Å². The fraction of sp³-hybridized carbons (Fsp3) is 0.200. The average Bonchev–Trinajstić information content (AvgIpc) is 2.54. The van der Waals surface area contributed by atoms with Crippen LogP contribution in [-0.4, -0.2) is 34.3 Å². The molecule has 0 aliphatic carbocycles. The van der Waals surface area contributed by atoms with E-state index < -0.39 is 22.6 Å². The lowest BCUT2D eigenvalue weighted by molar-refractivity contribution is -0.132. The Labute approximate surface area is 167 Å². The van der Waals surface area contributed by atoms with Gasteiger partial charge in [0.2, 0.25) is 0 Å². The van der Waals surface area contributed by atoms with Crippen LogP contribution in [0.25, 0.3) is 0 Å². The fourth-order valence-electron chi connectivity index (χ4n) is 1.72. The molecule has 4 N–H and O–H groups in total. The van der Waals surface area contributed by atoms with Crippen LogP contribution < -0.4 is 5.73 Å². The summed E-state index contributed by atoms with van der Waals surface area (Å²) < 4.78 is 26.8. The van der Waals surface area contributed by atoms with Gasteiger partial charge in [-0.1, -0.05) is 41.0 Å². The van der Waals surface area contributed by atoms with E-state index in [4.69, 9.17) is 40.5 Å². The maximum atomic E-state index is 13.4. The molecule has 0 saturated carbocycles. The summed E-state index contributed by atoms with van der Waals surface area (Å²) in [6.45, 7) is 0.0751. The number of aliphatic carboxylic acids is 1. The topological polar surface area (TPSA) is 95.9 Å². The van der Waals surface area contributed by atoms with Crippen LogP contribution in [0.15, 0.2) is 44.8 Å². The minimum Gasteiger partial charge on any atom is -0.515 e. The molecule has 0 radical (unpaired) electrons. The highest BCUT2D eigenvalue weighted by atomic mass is 35.5. The molecular formula is C15H13Cl3F2N2O3S. The standard InChI is InChI=1S/C15H13Cl3F2N2O3S/c1-22-11(15(18,19)20)4-10(8(6-23)14(24)25)26-13-9(16)3-2-7(5-21)12(13)17/h2-4,6,23H,5,21H2,1H3,(H,24,25)/b8-6-,10-4+,22-11?. The Balaban J connectivity index is 3.58. The van der Waals surface area contributed by atoms with Gasteiger partial charge in [0.15, 0.2) is 0 Å². The SMILES string of the molecule is CN=C(/C=C(Sc1c(Cl)ccc(CN)c1Cl)\C(=C\O)C(=O)O)C(F)(F)Cl. The number of carbonyl (C=O) groups is 1. The van der Waals surface area contributed by atoms with E-state index >= 15 is 0 Å². The number of nitrogens with zero attached hydrogens (tertiary/aromatic N) is 1. The molecule has 0 aliphatic rings. The Hall–Kier alpha value is -1.32. The average molecular weight is 446 g/mol. The third kappa shape index (κ3) is 5.59. The van der Waals surface area contributed by atoms with Gasteiger partial charge in [0.05, 0.1) is 16.3 Å². The highest BCUT2D eigenvalue weighted by Gasteiger charge is 2.32. The van der Waals surface area contributed by atoms with Gasteiger partial charge in [0.25, 0.3) is 0 Å². The maximum Gasteiger partial charge on any atom is 0.364 e. The van der Waals surface area contributed by atoms with Gasteiger partial charge in [0, 0.05) is 23.4 Å². The molecule has 0 atom stereocenters. The van der Waals surface area contributed by atoms with E-state index in [0.29, 0.717) is 17.3 Å².